The van der Waals surface area contributed by atoms with E-state index in [1.54, 1.807) is 6.33 Å². The van der Waals surface area contributed by atoms with Crippen LogP contribution in [-0.4, -0.2) is 22.6 Å². The molecule has 2 heterocycles. The van der Waals surface area contributed by atoms with E-state index in [4.69, 9.17) is 16.3 Å². The van der Waals surface area contributed by atoms with Crippen LogP contribution in [0, 0.1) is 5.92 Å². The summed E-state index contributed by atoms with van der Waals surface area (Å²) in [6, 6.07) is 0. The van der Waals surface area contributed by atoms with Crippen molar-refractivity contribution < 1.29 is 9.53 Å². The van der Waals surface area contributed by atoms with Crippen molar-refractivity contribution in [3.05, 3.63) is 17.2 Å². The Kier molecular flexibility index (Phi) is 2.46. The molecule has 0 aliphatic carbocycles. The summed E-state index contributed by atoms with van der Waals surface area (Å²) in [5.41, 5.74) is 1.02. The quantitative estimate of drug-likeness (QED) is 0.662. The Morgan fingerprint density at radius 2 is 2.57 bits per heavy atom. The number of carbonyl (C=O) groups is 1. The number of methoxy groups -OCH3 is 1. The van der Waals surface area contributed by atoms with Crippen LogP contribution >= 0.6 is 11.6 Å². The van der Waals surface area contributed by atoms with Crippen molar-refractivity contribution in [1.82, 2.24) is 9.55 Å². The molecule has 2 rings (SSSR count). The molecule has 14 heavy (non-hydrogen) atoms. The van der Waals surface area contributed by atoms with Crippen LogP contribution in [0.5, 0.6) is 0 Å². The second-order valence-corrected chi connectivity index (χ2v) is 3.75. The number of hydrogen-bond acceptors (Lipinski definition) is 3. The molecule has 1 aliphatic rings. The summed E-state index contributed by atoms with van der Waals surface area (Å²) in [5.74, 6) is -0.210. The first kappa shape index (κ1) is 9.52. The van der Waals surface area contributed by atoms with Gasteiger partial charge in [-0.3, -0.25) is 4.79 Å². The summed E-state index contributed by atoms with van der Waals surface area (Å²) in [6.07, 6.45) is 3.25. The summed E-state index contributed by atoms with van der Waals surface area (Å²) in [6.45, 7) is 0.627. The predicted octanol–water partition coefficient (Wildman–Crippen LogP) is 1.27. The second kappa shape index (κ2) is 3.61. The highest BCUT2D eigenvalue weighted by molar-refractivity contribution is 6.30. The number of ether oxygens (including phenoxy) is 1. The Balaban J connectivity index is 2.18. The third-order valence-electron chi connectivity index (χ3n) is 2.58. The van der Waals surface area contributed by atoms with Crippen LogP contribution in [0.15, 0.2) is 6.33 Å². The van der Waals surface area contributed by atoms with Gasteiger partial charge in [0.2, 0.25) is 0 Å². The molecule has 0 bridgehead atoms. The number of imidazole rings is 1. The Labute approximate surface area is 86.8 Å². The lowest BCUT2D eigenvalue weighted by Gasteiger charge is -2.21. The lowest BCUT2D eigenvalue weighted by Crippen LogP contribution is -2.27. The molecule has 0 N–H and O–H groups in total. The summed E-state index contributed by atoms with van der Waals surface area (Å²) >= 11 is 5.87. The van der Waals surface area contributed by atoms with Crippen molar-refractivity contribution in [3.8, 4) is 0 Å². The Hall–Kier alpha value is -1.03. The Morgan fingerprint density at radius 1 is 1.79 bits per heavy atom. The molecule has 1 aliphatic heterocycles. The van der Waals surface area contributed by atoms with E-state index in [1.165, 1.54) is 7.11 Å². The van der Waals surface area contributed by atoms with Gasteiger partial charge in [-0.1, -0.05) is 11.6 Å². The van der Waals surface area contributed by atoms with Gasteiger partial charge in [-0.2, -0.15) is 0 Å². The zero-order chi connectivity index (χ0) is 10.1. The van der Waals surface area contributed by atoms with Crippen LogP contribution < -0.4 is 0 Å². The van der Waals surface area contributed by atoms with E-state index < -0.39 is 0 Å². The van der Waals surface area contributed by atoms with Crippen molar-refractivity contribution in [1.29, 1.82) is 0 Å². The van der Waals surface area contributed by atoms with E-state index in [2.05, 4.69) is 4.98 Å². The van der Waals surface area contributed by atoms with Crippen LogP contribution in [0.25, 0.3) is 0 Å². The maximum absolute atomic E-state index is 11.3. The van der Waals surface area contributed by atoms with Crippen molar-refractivity contribution in [2.75, 3.05) is 7.11 Å². The Bertz CT molecular complexity index is 362. The van der Waals surface area contributed by atoms with Crippen LogP contribution in [-0.2, 0) is 22.5 Å². The standard InChI is InChI=1S/C9H11ClN2O2/c1-14-9(13)6-2-3-7-8(10)11-5-12(7)4-6/h5-6H,2-4H2,1H3. The molecular formula is C9H11ClN2O2. The fraction of sp³-hybridized carbons (Fsp3) is 0.556. The number of nitrogens with zero attached hydrogens (tertiary/aromatic N) is 2. The van der Waals surface area contributed by atoms with E-state index in [0.717, 1.165) is 18.5 Å². The SMILES string of the molecule is COC(=O)C1CCc2c(Cl)ncn2C1. The third-order valence-corrected chi connectivity index (χ3v) is 2.89. The zero-order valence-corrected chi connectivity index (χ0v) is 8.62. The van der Waals surface area contributed by atoms with Crippen molar-refractivity contribution in [3.63, 3.8) is 0 Å². The third kappa shape index (κ3) is 1.50. The normalized spacial score (nSPS) is 20.3. The molecular weight excluding hydrogens is 204 g/mol. The number of aromatic nitrogens is 2. The average molecular weight is 215 g/mol. The van der Waals surface area contributed by atoms with Gasteiger partial charge in [0.1, 0.15) is 5.15 Å². The molecule has 1 aromatic heterocycles. The molecule has 0 amide bonds. The van der Waals surface area contributed by atoms with Gasteiger partial charge in [0.25, 0.3) is 0 Å². The highest BCUT2D eigenvalue weighted by Crippen LogP contribution is 2.25. The van der Waals surface area contributed by atoms with E-state index in [-0.39, 0.29) is 11.9 Å². The second-order valence-electron chi connectivity index (χ2n) is 3.39. The first-order valence-electron chi connectivity index (χ1n) is 4.49. The highest BCUT2D eigenvalue weighted by atomic mass is 35.5. The molecule has 5 heteroatoms. The summed E-state index contributed by atoms with van der Waals surface area (Å²) < 4.78 is 6.63. The fourth-order valence-electron chi connectivity index (χ4n) is 1.79. The minimum Gasteiger partial charge on any atom is -0.469 e. The van der Waals surface area contributed by atoms with E-state index in [9.17, 15) is 4.79 Å². The van der Waals surface area contributed by atoms with Gasteiger partial charge in [0.15, 0.2) is 0 Å². The van der Waals surface area contributed by atoms with Gasteiger partial charge in [-0.05, 0) is 12.8 Å². The van der Waals surface area contributed by atoms with Crippen LogP contribution in [0.4, 0.5) is 0 Å². The van der Waals surface area contributed by atoms with Gasteiger partial charge in [-0.25, -0.2) is 4.98 Å². The molecule has 0 aromatic carbocycles. The number of rotatable bonds is 1. The number of fused-ring (bicyclic) bond motifs is 1. The average Bonchev–Trinajstić information content (AvgIpc) is 2.59. The predicted molar refractivity (Wildman–Crippen MR) is 51.1 cm³/mol. The van der Waals surface area contributed by atoms with Crippen LogP contribution in [0.1, 0.15) is 12.1 Å². The number of halogens is 1. The molecule has 1 atom stereocenters. The number of hydrogen-bond donors (Lipinski definition) is 0. The van der Waals surface area contributed by atoms with E-state index in [0.29, 0.717) is 11.7 Å². The van der Waals surface area contributed by atoms with Crippen LogP contribution in [0.2, 0.25) is 5.15 Å². The molecule has 0 fully saturated rings. The smallest absolute Gasteiger partial charge is 0.310 e. The molecule has 1 aromatic rings. The van der Waals surface area contributed by atoms with E-state index >= 15 is 0 Å². The minimum atomic E-state index is -0.152. The fourth-order valence-corrected chi connectivity index (χ4v) is 2.03. The van der Waals surface area contributed by atoms with Gasteiger partial charge in [0.05, 0.1) is 25.0 Å². The maximum atomic E-state index is 11.3. The molecule has 0 saturated carbocycles. The molecule has 1 unspecified atom stereocenters. The first-order valence-corrected chi connectivity index (χ1v) is 4.87. The number of carbonyl (C=O) groups excluding carboxylic acids is 1. The maximum Gasteiger partial charge on any atom is 0.310 e. The van der Waals surface area contributed by atoms with Gasteiger partial charge >= 0.3 is 5.97 Å². The monoisotopic (exact) mass is 214 g/mol. The topological polar surface area (TPSA) is 44.1 Å². The van der Waals surface area contributed by atoms with Crippen molar-refractivity contribution >= 4 is 17.6 Å². The van der Waals surface area contributed by atoms with Gasteiger partial charge in [-0.15, -0.1) is 0 Å². The largest absolute Gasteiger partial charge is 0.469 e. The lowest BCUT2D eigenvalue weighted by atomic mass is 9.98. The molecule has 0 spiro atoms. The summed E-state index contributed by atoms with van der Waals surface area (Å²) in [5, 5.41) is 0.549. The molecule has 4 nitrogen and oxygen atoms in total. The first-order chi connectivity index (χ1) is 6.72. The molecule has 0 saturated heterocycles. The summed E-state index contributed by atoms with van der Waals surface area (Å²) in [4.78, 5) is 15.3. The molecule has 76 valence electrons. The zero-order valence-electron chi connectivity index (χ0n) is 7.86. The van der Waals surface area contributed by atoms with Crippen molar-refractivity contribution in [2.45, 2.75) is 19.4 Å². The van der Waals surface area contributed by atoms with E-state index in [1.807, 2.05) is 4.57 Å². The van der Waals surface area contributed by atoms with Crippen molar-refractivity contribution in [2.24, 2.45) is 5.92 Å². The minimum absolute atomic E-state index is 0.0576. The highest BCUT2D eigenvalue weighted by Gasteiger charge is 2.26. The summed E-state index contributed by atoms with van der Waals surface area (Å²) in [7, 11) is 1.42. The van der Waals surface area contributed by atoms with Gasteiger partial charge < -0.3 is 9.30 Å². The van der Waals surface area contributed by atoms with Gasteiger partial charge in [0, 0.05) is 6.54 Å². The Morgan fingerprint density at radius 3 is 3.29 bits per heavy atom. The molecule has 0 radical (unpaired) electrons. The number of esters is 1. The lowest BCUT2D eigenvalue weighted by molar-refractivity contribution is -0.146. The van der Waals surface area contributed by atoms with Crippen LogP contribution in [0.3, 0.4) is 0 Å².